The number of hydrogen-bond acceptors (Lipinski definition) is 2. The Morgan fingerprint density at radius 2 is 1.83 bits per heavy atom. The van der Waals surface area contributed by atoms with Crippen molar-refractivity contribution >= 4 is 42.2 Å². The van der Waals surface area contributed by atoms with E-state index in [9.17, 15) is 4.79 Å². The Kier molecular flexibility index (Phi) is 5.42. The maximum Gasteiger partial charge on any atom is 0.239 e. The first kappa shape index (κ1) is 23.5. The summed E-state index contributed by atoms with van der Waals surface area (Å²) >= 11 is 0. The summed E-state index contributed by atoms with van der Waals surface area (Å²) in [5.41, 5.74) is 8.73. The molecule has 3 aliphatic heterocycles. The standard InChI is InChI=1S/C29H35B2N3OS/c1-32-12-10-18-14-22-26(16-24(18)32)36(4,5)27-17-25-19(11-13-33(25)2)15-23(27)28(22)20-8-6-7-9-21(20)29(35)34(3)31-30/h6-9,14-17,31H,10-13H2,1-5,30H3. The summed E-state index contributed by atoms with van der Waals surface area (Å²) < 4.78 is 2.40. The Balaban J connectivity index is 1.77. The molecule has 4 nitrogen and oxygen atoms in total. The van der Waals surface area contributed by atoms with E-state index in [4.69, 9.17) is 0 Å². The lowest BCUT2D eigenvalue weighted by atomic mass is 9.65. The largest absolute Gasteiger partial charge is 0.428 e. The van der Waals surface area contributed by atoms with Gasteiger partial charge in [-0.2, -0.15) is 10.0 Å². The van der Waals surface area contributed by atoms with E-state index in [1.165, 1.54) is 48.3 Å². The minimum absolute atomic E-state index is 0.114. The lowest BCUT2D eigenvalue weighted by Gasteiger charge is -2.40. The van der Waals surface area contributed by atoms with Crippen LogP contribution in [0.15, 0.2) is 58.3 Å². The van der Waals surface area contributed by atoms with Crippen molar-refractivity contribution in [2.75, 3.05) is 51.6 Å². The molecule has 0 saturated carbocycles. The van der Waals surface area contributed by atoms with Crippen molar-refractivity contribution in [3.8, 4) is 0 Å². The number of carbonyl (C=O) groups is 1. The lowest BCUT2D eigenvalue weighted by molar-refractivity contribution is 0.0882. The predicted octanol–water partition coefficient (Wildman–Crippen LogP) is 1.10. The van der Waals surface area contributed by atoms with Crippen molar-refractivity contribution in [2.24, 2.45) is 0 Å². The molecule has 6 rings (SSSR count). The summed E-state index contributed by atoms with van der Waals surface area (Å²) in [4.78, 5) is 20.8. The van der Waals surface area contributed by atoms with Crippen LogP contribution < -0.4 is 20.1 Å². The van der Waals surface area contributed by atoms with Gasteiger partial charge in [0.2, 0.25) is 11.3 Å². The van der Waals surface area contributed by atoms with E-state index in [2.05, 4.69) is 72.5 Å². The van der Waals surface area contributed by atoms with Gasteiger partial charge < -0.3 is 9.71 Å². The molecule has 184 valence electrons. The Bertz CT molecular complexity index is 1580. The molecule has 0 aliphatic carbocycles. The van der Waals surface area contributed by atoms with Crippen LogP contribution >= 0.6 is 10.0 Å². The molecule has 0 radical (unpaired) electrons. The summed E-state index contributed by atoms with van der Waals surface area (Å²) in [6.45, 7) is 2.14. The second-order valence-corrected chi connectivity index (χ2v) is 14.1. The predicted molar refractivity (Wildman–Crippen MR) is 158 cm³/mol. The Hall–Kier alpha value is -2.92. The zero-order valence-electron chi connectivity index (χ0n) is 21.3. The monoisotopic (exact) mass is 495 g/mol. The van der Waals surface area contributed by atoms with Crippen LogP contribution in [0.5, 0.6) is 0 Å². The average Bonchev–Trinajstić information content (AvgIpc) is 3.43. The summed E-state index contributed by atoms with van der Waals surface area (Å²) in [6, 6.07) is 18.2. The minimum atomic E-state index is -1.25. The Labute approximate surface area is 217 Å². The zero-order chi connectivity index (χ0) is 25.4. The highest BCUT2D eigenvalue weighted by molar-refractivity contribution is 8.32. The van der Waals surface area contributed by atoms with Gasteiger partial charge in [-0.1, -0.05) is 18.2 Å². The fraction of sp³-hybridized carbons (Fsp3) is 0.310. The molecule has 7 heteroatoms. The first-order valence-corrected chi connectivity index (χ1v) is 14.7. The van der Waals surface area contributed by atoms with Crippen LogP contribution in [0.3, 0.4) is 0 Å². The number of rotatable bonds is 3. The van der Waals surface area contributed by atoms with E-state index in [0.29, 0.717) is 0 Å². The SMILES string of the molecule is [BH3-]BN(C)C(=O)c1ccccc1C1=c2cc3c(cc2S(C)(C)c2cc4c(cc21)CCN4C)=[N+](C)CC3. The fourth-order valence-electron chi connectivity index (χ4n) is 6.04. The smallest absolute Gasteiger partial charge is 0.239 e. The Morgan fingerprint density at radius 3 is 2.61 bits per heavy atom. The first-order valence-electron chi connectivity index (χ1n) is 12.2. The topological polar surface area (TPSA) is 26.6 Å². The van der Waals surface area contributed by atoms with Crippen molar-refractivity contribution in [1.29, 1.82) is 0 Å². The number of likely N-dealkylation sites (N-methyl/N-ethyl adjacent to an activating group) is 2. The molecule has 0 spiro atoms. The lowest BCUT2D eigenvalue weighted by Crippen LogP contribution is -2.33. The molecule has 36 heavy (non-hydrogen) atoms. The van der Waals surface area contributed by atoms with E-state index >= 15 is 0 Å². The highest BCUT2D eigenvalue weighted by Gasteiger charge is 2.35. The van der Waals surface area contributed by atoms with Gasteiger partial charge in [0.15, 0.2) is 0 Å². The third-order valence-electron chi connectivity index (χ3n) is 8.03. The maximum atomic E-state index is 13.6. The number of amides is 1. The number of benzene rings is 3. The first-order chi connectivity index (χ1) is 17.2. The molecule has 0 aromatic heterocycles. The quantitative estimate of drug-likeness (QED) is 0.402. The minimum Gasteiger partial charge on any atom is -0.428 e. The number of hydrogen-bond donors (Lipinski definition) is 0. The van der Waals surface area contributed by atoms with Crippen LogP contribution in [0.1, 0.15) is 32.6 Å². The molecule has 3 heterocycles. The van der Waals surface area contributed by atoms with Gasteiger partial charge in [0.25, 0.3) is 0 Å². The summed E-state index contributed by atoms with van der Waals surface area (Å²) in [5.74, 6) is 0.148. The fourth-order valence-corrected chi connectivity index (χ4v) is 8.51. The van der Waals surface area contributed by atoms with E-state index in [-0.39, 0.29) is 13.6 Å². The summed E-state index contributed by atoms with van der Waals surface area (Å²) in [6.07, 6.45) is 7.08. The van der Waals surface area contributed by atoms with Gasteiger partial charge >= 0.3 is 0 Å². The number of anilines is 1. The zero-order valence-corrected chi connectivity index (χ0v) is 22.1. The highest BCUT2D eigenvalue weighted by atomic mass is 32.3. The number of nitrogens with zero attached hydrogens (tertiary/aromatic N) is 3. The van der Waals surface area contributed by atoms with Crippen molar-refractivity contribution < 1.29 is 4.79 Å². The molecule has 1 amide bonds. The van der Waals surface area contributed by atoms with Crippen molar-refractivity contribution in [3.63, 3.8) is 0 Å². The van der Waals surface area contributed by atoms with E-state index in [1.807, 2.05) is 24.0 Å². The second kappa shape index (κ2) is 8.31. The van der Waals surface area contributed by atoms with Crippen LogP contribution in [0.25, 0.3) is 5.57 Å². The van der Waals surface area contributed by atoms with Gasteiger partial charge in [0.1, 0.15) is 13.6 Å². The second-order valence-electron chi connectivity index (χ2n) is 10.5. The van der Waals surface area contributed by atoms with Gasteiger partial charge in [-0.3, -0.25) is 4.79 Å². The van der Waals surface area contributed by atoms with Gasteiger partial charge in [0.05, 0.1) is 7.31 Å². The molecule has 0 unspecified atom stereocenters. The molecular formula is C29H35B2N3OS. The van der Waals surface area contributed by atoms with Gasteiger partial charge in [-0.15, -0.1) is 0 Å². The molecule has 3 aliphatic rings. The van der Waals surface area contributed by atoms with Crippen molar-refractivity contribution in [2.45, 2.75) is 22.6 Å². The van der Waals surface area contributed by atoms with Crippen LogP contribution in [0.2, 0.25) is 0 Å². The number of carbonyl (C=O) groups excluding carboxylic acids is 1. The summed E-state index contributed by atoms with van der Waals surface area (Å²) in [5, 5.41) is 2.71. The normalized spacial score (nSPS) is 17.8. The van der Waals surface area contributed by atoms with E-state index in [1.54, 1.807) is 0 Å². The molecule has 3 aromatic rings. The highest BCUT2D eigenvalue weighted by Crippen LogP contribution is 2.61. The van der Waals surface area contributed by atoms with Crippen LogP contribution in [0.4, 0.5) is 5.69 Å². The van der Waals surface area contributed by atoms with Crippen LogP contribution in [-0.2, 0) is 12.8 Å². The molecule has 0 atom stereocenters. The molecule has 0 fully saturated rings. The molecular weight excluding hydrogens is 460 g/mol. The third kappa shape index (κ3) is 3.32. The van der Waals surface area contributed by atoms with Crippen molar-refractivity contribution in [1.82, 2.24) is 9.39 Å². The molecule has 3 aromatic carbocycles. The average molecular weight is 495 g/mol. The summed E-state index contributed by atoms with van der Waals surface area (Å²) in [7, 11) is 6.19. The van der Waals surface area contributed by atoms with E-state index in [0.717, 1.165) is 44.4 Å². The van der Waals surface area contributed by atoms with Crippen LogP contribution in [0, 0.1) is 0 Å². The van der Waals surface area contributed by atoms with Gasteiger partial charge in [0, 0.05) is 52.7 Å². The van der Waals surface area contributed by atoms with Crippen LogP contribution in [-0.4, -0.2) is 72.5 Å². The molecule has 0 N–H and O–H groups in total. The maximum absolute atomic E-state index is 13.6. The third-order valence-corrected chi connectivity index (χ3v) is 10.9. The molecule has 0 bridgehead atoms. The van der Waals surface area contributed by atoms with E-state index < -0.39 is 10.0 Å². The van der Waals surface area contributed by atoms with Gasteiger partial charge in [-0.25, -0.2) is 4.58 Å². The molecule has 0 saturated heterocycles. The number of fused-ring (bicyclic) bond motifs is 4. The van der Waals surface area contributed by atoms with Gasteiger partial charge in [-0.05, 0) is 85.5 Å². The Morgan fingerprint density at radius 1 is 1.06 bits per heavy atom. The van der Waals surface area contributed by atoms with Crippen molar-refractivity contribution in [3.05, 3.63) is 86.9 Å².